The van der Waals surface area contributed by atoms with Crippen LogP contribution in [0.1, 0.15) is 27.8 Å². The Morgan fingerprint density at radius 2 is 0.800 bits per heavy atom. The lowest BCUT2D eigenvalue weighted by molar-refractivity contribution is 1.17. The molecule has 55 heavy (non-hydrogen) atoms. The van der Waals surface area contributed by atoms with Crippen molar-refractivity contribution in [3.63, 3.8) is 0 Å². The summed E-state index contributed by atoms with van der Waals surface area (Å²) in [7, 11) is 0. The second kappa shape index (κ2) is 13.2. The molecule has 8 aromatic carbocycles. The minimum absolute atomic E-state index is 1.18. The number of hydrogen-bond donors (Lipinski definition) is 0. The second-order valence-electron chi connectivity index (χ2n) is 14.9. The third kappa shape index (κ3) is 5.84. The summed E-state index contributed by atoms with van der Waals surface area (Å²) in [5.74, 6) is 0. The van der Waals surface area contributed by atoms with Gasteiger partial charge in [0.25, 0.3) is 0 Å². The largest absolute Gasteiger partial charge is 0.309 e. The van der Waals surface area contributed by atoms with Crippen molar-refractivity contribution in [2.24, 2.45) is 0 Å². The lowest BCUT2D eigenvalue weighted by Gasteiger charge is -2.12. The molecule has 0 aliphatic rings. The molecule has 10 aromatic rings. The van der Waals surface area contributed by atoms with E-state index in [1.165, 1.54) is 105 Å². The van der Waals surface area contributed by atoms with Crippen LogP contribution in [0.15, 0.2) is 176 Å². The number of aryl methyl sites for hydroxylation is 3. The van der Waals surface area contributed by atoms with Gasteiger partial charge in [0.2, 0.25) is 0 Å². The van der Waals surface area contributed by atoms with Gasteiger partial charge in [-0.3, -0.25) is 0 Å². The van der Waals surface area contributed by atoms with Gasteiger partial charge in [-0.05, 0) is 126 Å². The van der Waals surface area contributed by atoms with Crippen LogP contribution in [0.25, 0.3) is 89.4 Å². The van der Waals surface area contributed by atoms with Gasteiger partial charge in [0.1, 0.15) is 0 Å². The van der Waals surface area contributed by atoms with E-state index in [4.69, 9.17) is 0 Å². The zero-order chi connectivity index (χ0) is 37.0. The third-order valence-corrected chi connectivity index (χ3v) is 11.0. The first-order valence-electron chi connectivity index (χ1n) is 19.1. The van der Waals surface area contributed by atoms with Gasteiger partial charge in [-0.2, -0.15) is 0 Å². The number of rotatable bonds is 6. The van der Waals surface area contributed by atoms with Crippen molar-refractivity contribution in [2.75, 3.05) is 0 Å². The molecule has 0 fully saturated rings. The molecule has 0 radical (unpaired) electrons. The minimum atomic E-state index is 1.18. The van der Waals surface area contributed by atoms with Gasteiger partial charge in [-0.1, -0.05) is 132 Å². The summed E-state index contributed by atoms with van der Waals surface area (Å²) >= 11 is 0. The zero-order valence-electron chi connectivity index (χ0n) is 31.3. The van der Waals surface area contributed by atoms with Gasteiger partial charge in [-0.25, -0.2) is 0 Å². The van der Waals surface area contributed by atoms with Gasteiger partial charge in [0.05, 0.1) is 22.1 Å². The maximum Gasteiger partial charge on any atom is 0.0541 e. The molecule has 0 N–H and O–H groups in total. The molecule has 2 heterocycles. The molecule has 0 saturated carbocycles. The quantitative estimate of drug-likeness (QED) is 0.153. The Hall–Kier alpha value is -6.90. The zero-order valence-corrected chi connectivity index (χ0v) is 31.3. The molecule has 0 saturated heterocycles. The van der Waals surface area contributed by atoms with E-state index in [1.807, 2.05) is 0 Å². The molecule has 0 unspecified atom stereocenters. The number of hydrogen-bond acceptors (Lipinski definition) is 0. The molecule has 0 bridgehead atoms. The van der Waals surface area contributed by atoms with E-state index in [-0.39, 0.29) is 0 Å². The number of para-hydroxylation sites is 2. The SMILES string of the molecule is Cc1cc(-c2ccc(C=Cc3ccc(-c4ccc5c(c4)c4ccccc4n5-c4ccccc4)cc3)cc2)cc(-n2c3ccc(C)cc3c3cc(C)ccc32)c1. The van der Waals surface area contributed by atoms with Crippen LogP contribution < -0.4 is 0 Å². The van der Waals surface area contributed by atoms with Gasteiger partial charge < -0.3 is 9.13 Å². The van der Waals surface area contributed by atoms with E-state index < -0.39 is 0 Å². The highest BCUT2D eigenvalue weighted by atomic mass is 15.0. The Labute approximate surface area is 321 Å². The molecule has 0 atom stereocenters. The number of aromatic nitrogens is 2. The summed E-state index contributed by atoms with van der Waals surface area (Å²) in [5.41, 5.74) is 18.3. The minimum Gasteiger partial charge on any atom is -0.309 e. The van der Waals surface area contributed by atoms with Crippen molar-refractivity contribution in [1.82, 2.24) is 9.13 Å². The van der Waals surface area contributed by atoms with Crippen LogP contribution in [0.5, 0.6) is 0 Å². The smallest absolute Gasteiger partial charge is 0.0541 e. The highest BCUT2D eigenvalue weighted by molar-refractivity contribution is 6.11. The van der Waals surface area contributed by atoms with Crippen molar-refractivity contribution in [1.29, 1.82) is 0 Å². The average molecular weight is 705 g/mol. The fourth-order valence-electron chi connectivity index (χ4n) is 8.36. The van der Waals surface area contributed by atoms with Crippen LogP contribution in [0, 0.1) is 20.8 Å². The van der Waals surface area contributed by atoms with Crippen molar-refractivity contribution >= 4 is 55.8 Å². The Bertz CT molecular complexity index is 3020. The molecule has 2 heteroatoms. The summed E-state index contributed by atoms with van der Waals surface area (Å²) < 4.78 is 4.78. The summed E-state index contributed by atoms with van der Waals surface area (Å²) in [6.07, 6.45) is 4.40. The van der Waals surface area contributed by atoms with Crippen LogP contribution in [0.4, 0.5) is 0 Å². The topological polar surface area (TPSA) is 9.86 Å². The Morgan fingerprint density at radius 3 is 1.44 bits per heavy atom. The van der Waals surface area contributed by atoms with Gasteiger partial charge >= 0.3 is 0 Å². The summed E-state index contributed by atoms with van der Waals surface area (Å²) in [6, 6.07) is 64.5. The first-order chi connectivity index (χ1) is 27.0. The lowest BCUT2D eigenvalue weighted by Crippen LogP contribution is -1.96. The van der Waals surface area contributed by atoms with Crippen LogP contribution in [0.2, 0.25) is 0 Å². The predicted octanol–water partition coefficient (Wildman–Crippen LogP) is 14.3. The van der Waals surface area contributed by atoms with Crippen molar-refractivity contribution < 1.29 is 0 Å². The Balaban J connectivity index is 0.912. The summed E-state index contributed by atoms with van der Waals surface area (Å²) in [5, 5.41) is 5.14. The standard InChI is InChI=1S/C53H40N2/c1-35-13-26-51-47(31-35)48-32-36(2)14-27-52(48)55(51)45-30-37(3)29-43(33-45)41-23-19-39(20-24-41)16-15-38-17-21-40(22-18-38)42-25-28-53-49(34-42)46-11-7-8-12-50(46)54(53)44-9-5-4-6-10-44/h4-34H,1-3H3. The van der Waals surface area contributed by atoms with E-state index in [2.05, 4.69) is 218 Å². The molecule has 0 amide bonds. The maximum absolute atomic E-state index is 2.42. The fourth-order valence-corrected chi connectivity index (χ4v) is 8.36. The third-order valence-electron chi connectivity index (χ3n) is 11.0. The molecule has 2 nitrogen and oxygen atoms in total. The number of benzene rings is 8. The van der Waals surface area contributed by atoms with Crippen LogP contribution in [-0.4, -0.2) is 9.13 Å². The van der Waals surface area contributed by atoms with Gasteiger partial charge in [0.15, 0.2) is 0 Å². The molecule has 0 aliphatic carbocycles. The molecule has 0 aliphatic heterocycles. The summed E-state index contributed by atoms with van der Waals surface area (Å²) in [6.45, 7) is 6.54. The van der Waals surface area contributed by atoms with Crippen molar-refractivity contribution in [3.05, 3.63) is 204 Å². The number of fused-ring (bicyclic) bond motifs is 6. The Kier molecular flexibility index (Phi) is 7.85. The second-order valence-corrected chi connectivity index (χ2v) is 14.9. The van der Waals surface area contributed by atoms with Crippen LogP contribution in [-0.2, 0) is 0 Å². The maximum atomic E-state index is 2.42. The number of nitrogens with zero attached hydrogens (tertiary/aromatic N) is 2. The van der Waals surface area contributed by atoms with E-state index in [9.17, 15) is 0 Å². The fraction of sp³-hybridized carbons (Fsp3) is 0.0566. The van der Waals surface area contributed by atoms with E-state index >= 15 is 0 Å². The van der Waals surface area contributed by atoms with Crippen molar-refractivity contribution in [3.8, 4) is 33.6 Å². The highest BCUT2D eigenvalue weighted by Crippen LogP contribution is 2.37. The summed E-state index contributed by atoms with van der Waals surface area (Å²) in [4.78, 5) is 0. The molecule has 0 spiro atoms. The molecule has 262 valence electrons. The predicted molar refractivity (Wildman–Crippen MR) is 236 cm³/mol. The van der Waals surface area contributed by atoms with E-state index in [0.717, 1.165) is 0 Å². The first kappa shape index (κ1) is 32.7. The molecule has 10 rings (SSSR count). The normalized spacial score (nSPS) is 11.8. The Morgan fingerprint density at radius 1 is 0.309 bits per heavy atom. The first-order valence-corrected chi connectivity index (χ1v) is 19.1. The van der Waals surface area contributed by atoms with E-state index in [0.29, 0.717) is 0 Å². The molecular formula is C53H40N2. The van der Waals surface area contributed by atoms with Crippen LogP contribution in [0.3, 0.4) is 0 Å². The monoisotopic (exact) mass is 704 g/mol. The van der Waals surface area contributed by atoms with Gasteiger partial charge in [0, 0.05) is 32.9 Å². The van der Waals surface area contributed by atoms with Crippen molar-refractivity contribution in [2.45, 2.75) is 20.8 Å². The van der Waals surface area contributed by atoms with E-state index in [1.54, 1.807) is 0 Å². The highest BCUT2D eigenvalue weighted by Gasteiger charge is 2.15. The lowest BCUT2D eigenvalue weighted by atomic mass is 10.00. The molecule has 2 aromatic heterocycles. The van der Waals surface area contributed by atoms with Crippen LogP contribution >= 0.6 is 0 Å². The molecular weight excluding hydrogens is 665 g/mol. The van der Waals surface area contributed by atoms with Gasteiger partial charge in [-0.15, -0.1) is 0 Å². The average Bonchev–Trinajstić information content (AvgIpc) is 3.72.